The van der Waals surface area contributed by atoms with Gasteiger partial charge in [-0.15, -0.1) is 0 Å². The molecule has 0 aliphatic carbocycles. The maximum Gasteiger partial charge on any atom is 0.409 e. The van der Waals surface area contributed by atoms with Crippen LogP contribution in [0.25, 0.3) is 11.5 Å². The molecule has 6 nitrogen and oxygen atoms in total. The molecule has 1 fully saturated rings. The fourth-order valence-electron chi connectivity index (χ4n) is 2.66. The van der Waals surface area contributed by atoms with Crippen molar-refractivity contribution in [3.05, 3.63) is 42.3 Å². The van der Waals surface area contributed by atoms with Gasteiger partial charge in [0.05, 0.1) is 12.3 Å². The predicted molar refractivity (Wildman–Crippen MR) is 85.8 cm³/mol. The molecule has 0 spiro atoms. The normalized spacial score (nSPS) is 17.4. The van der Waals surface area contributed by atoms with Gasteiger partial charge in [0, 0.05) is 31.2 Å². The topological polar surface area (TPSA) is 67.6 Å². The first kappa shape index (κ1) is 15.6. The molecule has 3 rings (SSSR count). The van der Waals surface area contributed by atoms with E-state index < -0.39 is 0 Å². The van der Waals surface area contributed by atoms with E-state index in [2.05, 4.69) is 10.3 Å². The summed E-state index contributed by atoms with van der Waals surface area (Å²) in [6, 6.07) is 10.1. The van der Waals surface area contributed by atoms with E-state index in [9.17, 15) is 4.79 Å². The van der Waals surface area contributed by atoms with Gasteiger partial charge in [-0.05, 0) is 25.5 Å². The fraction of sp³-hybridized carbons (Fsp3) is 0.412. The highest BCUT2D eigenvalue weighted by Gasteiger charge is 2.26. The second-order valence-electron chi connectivity index (χ2n) is 5.52. The number of nitrogens with one attached hydrogen (secondary N) is 1. The predicted octanol–water partition coefficient (Wildman–Crippen LogP) is 2.66. The number of nitrogens with zero attached hydrogens (tertiary/aromatic N) is 2. The standard InChI is InChI=1S/C17H21N3O3/c1-2-22-17(21)20-9-8-14(11-20)18-10-15-12-23-16(19-15)13-6-4-3-5-7-13/h3-7,12,14,18H,2,8-11H2,1H3. The van der Waals surface area contributed by atoms with E-state index in [4.69, 9.17) is 9.15 Å². The largest absolute Gasteiger partial charge is 0.450 e. The Balaban J connectivity index is 1.50. The molecule has 23 heavy (non-hydrogen) atoms. The molecular formula is C17H21N3O3. The highest BCUT2D eigenvalue weighted by atomic mass is 16.6. The first-order valence-electron chi connectivity index (χ1n) is 7.91. The molecule has 1 saturated heterocycles. The lowest BCUT2D eigenvalue weighted by atomic mass is 10.2. The van der Waals surface area contributed by atoms with Crippen LogP contribution in [0.4, 0.5) is 4.79 Å². The van der Waals surface area contributed by atoms with Crippen LogP contribution in [0.15, 0.2) is 41.0 Å². The summed E-state index contributed by atoms with van der Waals surface area (Å²) in [5, 5.41) is 3.42. The molecule has 122 valence electrons. The summed E-state index contributed by atoms with van der Waals surface area (Å²) in [7, 11) is 0. The number of likely N-dealkylation sites (tertiary alicyclic amines) is 1. The van der Waals surface area contributed by atoms with Gasteiger partial charge in [0.25, 0.3) is 0 Å². The minimum atomic E-state index is -0.232. The number of aromatic nitrogens is 1. The Labute approximate surface area is 135 Å². The van der Waals surface area contributed by atoms with Crippen molar-refractivity contribution in [2.45, 2.75) is 25.9 Å². The fourth-order valence-corrected chi connectivity index (χ4v) is 2.66. The quantitative estimate of drug-likeness (QED) is 0.919. The number of carbonyl (C=O) groups excluding carboxylic acids is 1. The summed E-state index contributed by atoms with van der Waals surface area (Å²) in [4.78, 5) is 17.9. The van der Waals surface area contributed by atoms with E-state index in [0.29, 0.717) is 25.6 Å². The van der Waals surface area contributed by atoms with Gasteiger partial charge in [-0.2, -0.15) is 0 Å². The van der Waals surface area contributed by atoms with Gasteiger partial charge in [0.2, 0.25) is 5.89 Å². The molecule has 0 radical (unpaired) electrons. The molecule has 1 aromatic heterocycles. The molecule has 1 aliphatic rings. The van der Waals surface area contributed by atoms with Crippen LogP contribution in [-0.2, 0) is 11.3 Å². The highest BCUT2D eigenvalue weighted by molar-refractivity contribution is 5.68. The molecule has 1 atom stereocenters. The van der Waals surface area contributed by atoms with E-state index in [0.717, 1.165) is 24.2 Å². The minimum absolute atomic E-state index is 0.232. The highest BCUT2D eigenvalue weighted by Crippen LogP contribution is 2.18. The Hall–Kier alpha value is -2.34. The average molecular weight is 315 g/mol. The van der Waals surface area contributed by atoms with Crippen LogP contribution in [0.5, 0.6) is 0 Å². The van der Waals surface area contributed by atoms with Crippen molar-refractivity contribution in [1.82, 2.24) is 15.2 Å². The summed E-state index contributed by atoms with van der Waals surface area (Å²) in [5.74, 6) is 0.627. The first-order valence-corrected chi connectivity index (χ1v) is 7.91. The van der Waals surface area contributed by atoms with Crippen molar-refractivity contribution in [2.75, 3.05) is 19.7 Å². The van der Waals surface area contributed by atoms with Crippen LogP contribution < -0.4 is 5.32 Å². The van der Waals surface area contributed by atoms with Crippen molar-refractivity contribution in [3.8, 4) is 11.5 Å². The number of benzene rings is 1. The molecule has 6 heteroatoms. The third-order valence-corrected chi connectivity index (χ3v) is 3.86. The number of amides is 1. The van der Waals surface area contributed by atoms with Crippen LogP contribution in [0.3, 0.4) is 0 Å². The third kappa shape index (κ3) is 3.90. The number of rotatable bonds is 5. The molecule has 1 N–H and O–H groups in total. The molecule has 1 aromatic carbocycles. The smallest absolute Gasteiger partial charge is 0.409 e. The zero-order valence-electron chi connectivity index (χ0n) is 13.2. The average Bonchev–Trinajstić information content (AvgIpc) is 3.23. The van der Waals surface area contributed by atoms with E-state index in [1.54, 1.807) is 11.2 Å². The SMILES string of the molecule is CCOC(=O)N1CCC(NCc2coc(-c3ccccc3)n2)C1. The van der Waals surface area contributed by atoms with Gasteiger partial charge in [-0.25, -0.2) is 9.78 Å². The van der Waals surface area contributed by atoms with Gasteiger partial charge in [0.1, 0.15) is 6.26 Å². The summed E-state index contributed by atoms with van der Waals surface area (Å²) in [6.07, 6.45) is 2.36. The van der Waals surface area contributed by atoms with Crippen LogP contribution in [0, 0.1) is 0 Å². The summed E-state index contributed by atoms with van der Waals surface area (Å²) in [6.45, 7) is 4.25. The Bertz CT molecular complexity index is 642. The number of ether oxygens (including phenoxy) is 1. The van der Waals surface area contributed by atoms with Gasteiger partial charge in [0.15, 0.2) is 0 Å². The monoisotopic (exact) mass is 315 g/mol. The summed E-state index contributed by atoms with van der Waals surface area (Å²) in [5.41, 5.74) is 1.83. The van der Waals surface area contributed by atoms with Crippen molar-refractivity contribution in [3.63, 3.8) is 0 Å². The number of hydrogen-bond donors (Lipinski definition) is 1. The Morgan fingerprint density at radius 1 is 1.43 bits per heavy atom. The molecule has 0 bridgehead atoms. The Morgan fingerprint density at radius 3 is 3.04 bits per heavy atom. The van der Waals surface area contributed by atoms with Crippen molar-refractivity contribution >= 4 is 6.09 Å². The molecule has 1 unspecified atom stereocenters. The zero-order valence-corrected chi connectivity index (χ0v) is 13.2. The van der Waals surface area contributed by atoms with Crippen molar-refractivity contribution < 1.29 is 13.9 Å². The molecule has 0 saturated carbocycles. The van der Waals surface area contributed by atoms with E-state index in [1.807, 2.05) is 37.3 Å². The number of hydrogen-bond acceptors (Lipinski definition) is 5. The molecule has 2 aromatic rings. The first-order chi connectivity index (χ1) is 11.3. The molecule has 1 amide bonds. The second-order valence-corrected chi connectivity index (χ2v) is 5.52. The summed E-state index contributed by atoms with van der Waals surface area (Å²) < 4.78 is 10.5. The zero-order chi connectivity index (χ0) is 16.1. The molecule has 2 heterocycles. The Kier molecular flexibility index (Phi) is 4.92. The molecule has 1 aliphatic heterocycles. The van der Waals surface area contributed by atoms with Gasteiger partial charge in [-0.3, -0.25) is 0 Å². The molecular weight excluding hydrogens is 294 g/mol. The van der Waals surface area contributed by atoms with Crippen LogP contribution in [0.2, 0.25) is 0 Å². The lowest BCUT2D eigenvalue weighted by molar-refractivity contribution is 0.115. The second kappa shape index (κ2) is 7.28. The Morgan fingerprint density at radius 2 is 2.26 bits per heavy atom. The van der Waals surface area contributed by atoms with Crippen LogP contribution in [0.1, 0.15) is 19.0 Å². The number of carbonyl (C=O) groups is 1. The van der Waals surface area contributed by atoms with E-state index >= 15 is 0 Å². The number of oxazole rings is 1. The lowest BCUT2D eigenvalue weighted by Crippen LogP contribution is -2.35. The van der Waals surface area contributed by atoms with E-state index in [1.165, 1.54) is 0 Å². The van der Waals surface area contributed by atoms with Gasteiger partial charge in [-0.1, -0.05) is 18.2 Å². The van der Waals surface area contributed by atoms with Crippen LogP contribution in [-0.4, -0.2) is 41.7 Å². The minimum Gasteiger partial charge on any atom is -0.450 e. The van der Waals surface area contributed by atoms with Crippen molar-refractivity contribution in [2.24, 2.45) is 0 Å². The van der Waals surface area contributed by atoms with Crippen molar-refractivity contribution in [1.29, 1.82) is 0 Å². The van der Waals surface area contributed by atoms with E-state index in [-0.39, 0.29) is 12.1 Å². The van der Waals surface area contributed by atoms with Gasteiger partial charge >= 0.3 is 6.09 Å². The maximum absolute atomic E-state index is 11.7. The lowest BCUT2D eigenvalue weighted by Gasteiger charge is -2.15. The van der Waals surface area contributed by atoms with Gasteiger partial charge < -0.3 is 19.4 Å². The third-order valence-electron chi connectivity index (χ3n) is 3.86. The summed E-state index contributed by atoms with van der Waals surface area (Å²) >= 11 is 0. The van der Waals surface area contributed by atoms with Crippen LogP contribution >= 0.6 is 0 Å². The maximum atomic E-state index is 11.7.